The van der Waals surface area contributed by atoms with Crippen LogP contribution in [0.5, 0.6) is 23.0 Å². The molecular formula is C71H98N6O18S. The number of nitrogens with one attached hydrogen (secondary N) is 3. The number of allylic oxidation sites excluding steroid dienone is 4. The summed E-state index contributed by atoms with van der Waals surface area (Å²) in [7, 11) is 10.8. The summed E-state index contributed by atoms with van der Waals surface area (Å²) in [6.07, 6.45) is 9.31. The Morgan fingerprint density at radius 1 is 0.823 bits per heavy atom. The normalized spacial score (nSPS) is 29.9. The number of hydrogen-bond donors (Lipinski definition) is 6. The van der Waals surface area contributed by atoms with E-state index in [2.05, 4.69) is 31.8 Å². The lowest BCUT2D eigenvalue weighted by atomic mass is 9.81. The van der Waals surface area contributed by atoms with E-state index in [1.807, 2.05) is 45.1 Å². The van der Waals surface area contributed by atoms with Crippen molar-refractivity contribution in [1.29, 1.82) is 0 Å². The number of H-pyrrole nitrogens is 2. The van der Waals surface area contributed by atoms with Gasteiger partial charge in [0.1, 0.15) is 29.5 Å². The topological polar surface area (TPSA) is 319 Å². The number of rotatable bonds is 12. The van der Waals surface area contributed by atoms with Crippen molar-refractivity contribution in [3.63, 3.8) is 0 Å². The molecule has 25 heteroatoms. The highest BCUT2D eigenvalue weighted by Crippen LogP contribution is 2.50. The van der Waals surface area contributed by atoms with Crippen LogP contribution in [0.4, 0.5) is 0 Å². The zero-order valence-electron chi connectivity index (χ0n) is 57.6. The number of aromatic amines is 2. The van der Waals surface area contributed by atoms with Crippen molar-refractivity contribution >= 4 is 52.7 Å². The summed E-state index contributed by atoms with van der Waals surface area (Å²) in [4.78, 5) is 95.9. The van der Waals surface area contributed by atoms with Gasteiger partial charge in [0.25, 0.3) is 11.7 Å². The summed E-state index contributed by atoms with van der Waals surface area (Å²) in [6.45, 7) is 14.6. The van der Waals surface area contributed by atoms with E-state index in [0.29, 0.717) is 97.2 Å². The van der Waals surface area contributed by atoms with Crippen molar-refractivity contribution in [3.8, 4) is 34.1 Å². The standard InChI is InChI=1S/C44H69NO12.C22H25NO6.C5H4N4S/c1-10-13-31-19-25(2)18-26(3)20-37(54-8)40-38(55-9)22-28(5)44(52,57-40)41(49)42(50)45-17-12-11-14-32(45)43(51)56-39(29(6)34(47)24-35(31)48)27(4)21-30-15-16-33(46)36(23-30)53-7;1-12(24)23-16-8-6-13-10-19(27-3)21(28-4)22(29-5)20(13)14-7-9-18(26-2)17(25)11-15(14)16;10-5-3-4(7-1-6-3)8-2-9-5/h10,19,21,26,28-34,36-40,46-47,52H,1,11-18,20,22-24H2,2-9H3;7,9-11,16H,6,8H2,1-5H3,(H,23,24);1-2H,(H2,6,7,8,9,10)/b25-19+,27-21+;;/t26-,28+,29+,30-,31+,32-,33+,34-,36+,37-,38-,39+,40+,44+;16-;/m00./s1. The third-order valence-electron chi connectivity index (χ3n) is 19.2. The summed E-state index contributed by atoms with van der Waals surface area (Å²) < 4.78 is 52.3. The number of ether oxygens (including phenoxy) is 9. The molecule has 2 saturated heterocycles. The number of imidazole rings is 1. The van der Waals surface area contributed by atoms with Crippen LogP contribution in [0, 0.1) is 34.2 Å². The van der Waals surface area contributed by atoms with Crippen LogP contribution in [-0.2, 0) is 54.1 Å². The summed E-state index contributed by atoms with van der Waals surface area (Å²) >= 11 is 4.91. The number of benzene rings is 1. The second-order valence-electron chi connectivity index (χ2n) is 25.9. The third kappa shape index (κ3) is 17.9. The lowest BCUT2D eigenvalue weighted by Gasteiger charge is -2.47. The molecule has 5 heterocycles. The van der Waals surface area contributed by atoms with Gasteiger partial charge < -0.3 is 78.1 Å². The number of carbonyl (C=O) groups excluding carboxylic acids is 5. The van der Waals surface area contributed by atoms with E-state index in [0.717, 1.165) is 33.4 Å². The van der Waals surface area contributed by atoms with Crippen LogP contribution in [0.15, 0.2) is 77.7 Å². The predicted molar refractivity (Wildman–Crippen MR) is 361 cm³/mol. The zero-order chi connectivity index (χ0) is 70.3. The maximum Gasteiger partial charge on any atom is 0.329 e. The Kier molecular flexibility index (Phi) is 27.6. The maximum atomic E-state index is 14.3. The molecule has 2 aromatic heterocycles. The van der Waals surface area contributed by atoms with Crippen molar-refractivity contribution in [3.05, 3.63) is 98.9 Å². The Morgan fingerprint density at radius 2 is 1.51 bits per heavy atom. The van der Waals surface area contributed by atoms with Gasteiger partial charge in [0.15, 0.2) is 27.5 Å². The number of nitrogens with zero attached hydrogens (tertiary/aromatic N) is 3. The highest BCUT2D eigenvalue weighted by Gasteiger charge is 2.57. The Morgan fingerprint density at radius 3 is 2.16 bits per heavy atom. The smallest absolute Gasteiger partial charge is 0.329 e. The van der Waals surface area contributed by atoms with Crippen LogP contribution < -0.4 is 29.7 Å². The predicted octanol–water partition coefficient (Wildman–Crippen LogP) is 8.53. The molecule has 2 aliphatic carbocycles. The van der Waals surface area contributed by atoms with Crippen LogP contribution in [-0.4, -0.2) is 180 Å². The van der Waals surface area contributed by atoms with Gasteiger partial charge in [-0.25, -0.2) is 14.8 Å². The maximum absolute atomic E-state index is 14.3. The van der Waals surface area contributed by atoms with Gasteiger partial charge in [0.2, 0.25) is 22.9 Å². The fourth-order valence-corrected chi connectivity index (χ4v) is 14.3. The second kappa shape index (κ2) is 34.8. The Hall–Kier alpha value is -7.23. The van der Waals surface area contributed by atoms with Crippen molar-refractivity contribution < 1.29 is 81.9 Å². The largest absolute Gasteiger partial charge is 0.493 e. The summed E-state index contributed by atoms with van der Waals surface area (Å²) in [5.74, 6) is -6.15. The number of hydrogen-bond acceptors (Lipinski definition) is 21. The van der Waals surface area contributed by atoms with E-state index < -0.39 is 83.9 Å². The monoisotopic (exact) mass is 1350 g/mol. The van der Waals surface area contributed by atoms with Crippen LogP contribution in [0.3, 0.4) is 0 Å². The molecule has 15 atom stereocenters. The fourth-order valence-electron chi connectivity index (χ4n) is 14.1. The van der Waals surface area contributed by atoms with E-state index in [9.17, 15) is 44.1 Å². The highest BCUT2D eigenvalue weighted by molar-refractivity contribution is 7.71. The molecule has 526 valence electrons. The molecule has 0 radical (unpaired) electrons. The van der Waals surface area contributed by atoms with Gasteiger partial charge in [-0.05, 0) is 143 Å². The fraction of sp³-hybridized carbons (Fsp3) is 0.592. The molecule has 2 bridgehead atoms. The highest BCUT2D eigenvalue weighted by atomic mass is 32.1. The van der Waals surface area contributed by atoms with E-state index in [1.165, 1.54) is 45.5 Å². The van der Waals surface area contributed by atoms with E-state index in [-0.39, 0.29) is 72.7 Å². The number of aromatic nitrogens is 4. The van der Waals surface area contributed by atoms with Gasteiger partial charge in [-0.3, -0.25) is 24.0 Å². The first-order valence-corrected chi connectivity index (χ1v) is 33.3. The second-order valence-corrected chi connectivity index (χ2v) is 26.2. The number of amides is 2. The number of piperidine rings is 1. The quantitative estimate of drug-likeness (QED) is 0.0335. The average Bonchev–Trinajstić information content (AvgIpc) is 0.847. The number of fused-ring (bicyclic) bond motifs is 7. The molecule has 0 spiro atoms. The SMILES string of the molecule is C=CC[C@@H]1/C=C(\C)C[C@H](C)C[C@H](OC)[C@H]2O[C@@](O)(C(=O)C(=O)N3CCCC[C@H]3C(=O)O[C@H](/C(C)=C/[C@@H]3CC[C@@H](O)[C@H](OC)C3)[C@H](C)[C@@H](O)CC1=O)[C@H](C)C[C@@H]2OC.COc1cc2c(c(OC)c1OC)-c1ccc(OC)c(=O)cc1[C@@H](NC(C)=O)CC2.S=c1nc[nH]c2nc[nH]c12. The van der Waals surface area contributed by atoms with Gasteiger partial charge in [0, 0.05) is 64.5 Å². The number of esters is 1. The van der Waals surface area contributed by atoms with Crippen LogP contribution in [0.25, 0.3) is 22.3 Å². The van der Waals surface area contributed by atoms with Crippen molar-refractivity contribution in [2.75, 3.05) is 56.3 Å². The average molecular weight is 1360 g/mol. The summed E-state index contributed by atoms with van der Waals surface area (Å²) in [6, 6.07) is 5.43. The zero-order valence-corrected chi connectivity index (χ0v) is 58.4. The van der Waals surface area contributed by atoms with Crippen LogP contribution in [0.1, 0.15) is 136 Å². The number of aliphatic hydroxyl groups is 3. The molecule has 3 aliphatic heterocycles. The van der Waals surface area contributed by atoms with Crippen LogP contribution >= 0.6 is 12.2 Å². The van der Waals surface area contributed by atoms with Gasteiger partial charge >= 0.3 is 5.97 Å². The first kappa shape index (κ1) is 76.1. The van der Waals surface area contributed by atoms with Gasteiger partial charge in [-0.15, -0.1) is 6.58 Å². The minimum absolute atomic E-state index is 0.00988. The summed E-state index contributed by atoms with van der Waals surface area (Å²) in [5, 5.41) is 37.1. The van der Waals surface area contributed by atoms with E-state index in [4.69, 9.17) is 54.8 Å². The number of carbonyl (C=O) groups is 5. The number of aryl methyl sites for hydroxylation is 1. The summed E-state index contributed by atoms with van der Waals surface area (Å²) in [5.41, 5.74) is 6.16. The molecule has 6 N–H and O–H groups in total. The first-order chi connectivity index (χ1) is 45.8. The van der Waals surface area contributed by atoms with E-state index in [1.54, 1.807) is 60.8 Å². The van der Waals surface area contributed by atoms with Gasteiger partial charge in [0.05, 0.1) is 77.7 Å². The van der Waals surface area contributed by atoms with Crippen molar-refractivity contribution in [1.82, 2.24) is 30.2 Å². The Balaban J connectivity index is 0.000000271. The van der Waals surface area contributed by atoms with Gasteiger partial charge in [-0.1, -0.05) is 62.9 Å². The lowest BCUT2D eigenvalue weighted by Crippen LogP contribution is -2.64. The molecule has 96 heavy (non-hydrogen) atoms. The molecule has 2 amide bonds. The van der Waals surface area contributed by atoms with Crippen molar-refractivity contribution in [2.24, 2.45) is 29.6 Å². The first-order valence-electron chi connectivity index (χ1n) is 32.9. The molecule has 1 saturated carbocycles. The lowest BCUT2D eigenvalue weighted by molar-refractivity contribution is -0.302. The molecule has 24 nitrogen and oxygen atoms in total. The molecule has 5 aliphatic rings. The number of aliphatic hydroxyl groups excluding tert-OH is 2. The third-order valence-corrected chi connectivity index (χ3v) is 19.5. The number of methoxy groups -OCH3 is 7. The number of ketones is 2. The minimum Gasteiger partial charge on any atom is -0.493 e. The Labute approximate surface area is 566 Å². The molecule has 9 rings (SSSR count). The van der Waals surface area contributed by atoms with E-state index >= 15 is 0 Å². The molecular weight excluding hydrogens is 1260 g/mol. The molecule has 0 unspecified atom stereocenters. The number of cyclic esters (lactones) is 1. The number of Topliss-reactive ketones (excluding diaryl/α,β-unsaturated/α-hetero) is 2. The molecule has 3 fully saturated rings. The van der Waals surface area contributed by atoms with Crippen LogP contribution in [0.2, 0.25) is 0 Å². The molecule has 4 aromatic rings. The Bertz CT molecular complexity index is 3570. The van der Waals surface area contributed by atoms with Crippen molar-refractivity contribution in [2.45, 2.75) is 186 Å². The molecule has 2 aromatic carbocycles. The minimum atomic E-state index is -2.51. The van der Waals surface area contributed by atoms with Gasteiger partial charge in [-0.2, -0.15) is 0 Å².